The summed E-state index contributed by atoms with van der Waals surface area (Å²) in [5.74, 6) is 0.234. The third-order valence-electron chi connectivity index (χ3n) is 6.11. The van der Waals surface area contributed by atoms with Crippen LogP contribution >= 0.6 is 0 Å². The van der Waals surface area contributed by atoms with Gasteiger partial charge in [0.1, 0.15) is 0 Å². The average molecular weight is 413 g/mol. The molecule has 2 aromatic heterocycles. The van der Waals surface area contributed by atoms with E-state index in [1.54, 1.807) is 12.5 Å². The van der Waals surface area contributed by atoms with Crippen molar-refractivity contribution in [3.8, 4) is 5.69 Å². The number of H-pyrrole nitrogens is 1. The van der Waals surface area contributed by atoms with Gasteiger partial charge in [-0.2, -0.15) is 5.10 Å². The minimum Gasteiger partial charge on any atom is -0.349 e. The maximum absolute atomic E-state index is 12.7. The Labute approximate surface area is 179 Å². The van der Waals surface area contributed by atoms with Gasteiger partial charge < -0.3 is 9.88 Å². The first kappa shape index (κ1) is 19.2. The number of amides is 1. The smallest absolute Gasteiger partial charge is 0.272 e. The van der Waals surface area contributed by atoms with Crippen LogP contribution in [0.25, 0.3) is 16.5 Å². The summed E-state index contributed by atoms with van der Waals surface area (Å²) in [4.78, 5) is 28.8. The number of nitrogens with zero attached hydrogens (tertiary/aromatic N) is 3. The van der Waals surface area contributed by atoms with Gasteiger partial charge in [0, 0.05) is 41.0 Å². The summed E-state index contributed by atoms with van der Waals surface area (Å²) in [5, 5.41) is 11.8. The van der Waals surface area contributed by atoms with Gasteiger partial charge in [0.2, 0.25) is 0 Å². The van der Waals surface area contributed by atoms with Crippen LogP contribution in [-0.4, -0.2) is 31.7 Å². The molecule has 2 N–H and O–H groups in total. The average Bonchev–Trinajstić information content (AvgIpc) is 3.35. The first-order valence-electron chi connectivity index (χ1n) is 10.6. The van der Waals surface area contributed by atoms with E-state index in [1.807, 2.05) is 59.3 Å². The Morgan fingerprint density at radius 1 is 1.00 bits per heavy atom. The van der Waals surface area contributed by atoms with Crippen LogP contribution in [0.5, 0.6) is 0 Å². The second-order valence-corrected chi connectivity index (χ2v) is 8.02. The Morgan fingerprint density at radius 3 is 2.45 bits per heavy atom. The maximum Gasteiger partial charge on any atom is 0.272 e. The molecule has 31 heavy (non-hydrogen) atoms. The van der Waals surface area contributed by atoms with Gasteiger partial charge in [-0.05, 0) is 56.0 Å². The van der Waals surface area contributed by atoms with E-state index in [-0.39, 0.29) is 23.4 Å². The first-order valence-corrected chi connectivity index (χ1v) is 10.6. The molecule has 0 aliphatic heterocycles. The lowest BCUT2D eigenvalue weighted by Gasteiger charge is -2.29. The van der Waals surface area contributed by atoms with Crippen LogP contribution < -0.4 is 10.9 Å². The van der Waals surface area contributed by atoms with Crippen molar-refractivity contribution in [2.75, 3.05) is 0 Å². The molecule has 156 valence electrons. The van der Waals surface area contributed by atoms with E-state index in [4.69, 9.17) is 0 Å². The molecule has 0 spiro atoms. The lowest BCUT2D eigenvalue weighted by molar-refractivity contribution is 0.0925. The minimum atomic E-state index is -0.153. The molecule has 7 heteroatoms. The number of benzene rings is 2. The molecular formula is C24H23N5O2. The summed E-state index contributed by atoms with van der Waals surface area (Å²) in [7, 11) is 0. The van der Waals surface area contributed by atoms with Crippen molar-refractivity contribution in [2.45, 2.75) is 37.6 Å². The highest BCUT2D eigenvalue weighted by Gasteiger charge is 2.26. The van der Waals surface area contributed by atoms with Gasteiger partial charge in [-0.25, -0.2) is 10.1 Å². The molecule has 1 amide bonds. The summed E-state index contributed by atoms with van der Waals surface area (Å²) in [6, 6.07) is 15.3. The van der Waals surface area contributed by atoms with E-state index in [0.717, 1.165) is 42.5 Å². The van der Waals surface area contributed by atoms with Crippen LogP contribution in [0, 0.1) is 0 Å². The summed E-state index contributed by atoms with van der Waals surface area (Å²) in [5.41, 5.74) is 2.42. The Bertz CT molecular complexity index is 1250. The Balaban J connectivity index is 1.23. The number of hydrogen-bond donors (Lipinski definition) is 2. The van der Waals surface area contributed by atoms with Crippen LogP contribution in [0.2, 0.25) is 0 Å². The Kier molecular flexibility index (Phi) is 5.08. The van der Waals surface area contributed by atoms with Crippen molar-refractivity contribution >= 4 is 16.7 Å². The molecule has 1 fully saturated rings. The van der Waals surface area contributed by atoms with Gasteiger partial charge in [0.15, 0.2) is 0 Å². The zero-order valence-electron chi connectivity index (χ0n) is 17.0. The van der Waals surface area contributed by atoms with E-state index in [2.05, 4.69) is 20.5 Å². The first-order chi connectivity index (χ1) is 15.2. The highest BCUT2D eigenvalue weighted by atomic mass is 16.1. The quantitative estimate of drug-likeness (QED) is 0.535. The van der Waals surface area contributed by atoms with Crippen LogP contribution in [-0.2, 0) is 0 Å². The zero-order chi connectivity index (χ0) is 21.2. The summed E-state index contributed by atoms with van der Waals surface area (Å²) < 4.78 is 1.90. The number of nitrogens with one attached hydrogen (secondary N) is 2. The molecule has 0 atom stereocenters. The third kappa shape index (κ3) is 3.86. The topological polar surface area (TPSA) is 92.7 Å². The van der Waals surface area contributed by atoms with Gasteiger partial charge in [0.05, 0.1) is 17.4 Å². The third-order valence-corrected chi connectivity index (χ3v) is 6.11. The van der Waals surface area contributed by atoms with Gasteiger partial charge in [-0.3, -0.25) is 9.59 Å². The number of imidazole rings is 1. The molecule has 1 aliphatic rings. The van der Waals surface area contributed by atoms with Crippen LogP contribution in [0.3, 0.4) is 0 Å². The number of fused-ring (bicyclic) bond motifs is 1. The standard InChI is InChI=1S/C24H23N5O2/c30-23(17-7-11-19(12-8-17)29-14-13-25-15-29)26-18-9-5-16(6-10-18)22-20-3-1-2-4-21(20)24(31)28-27-22/h1-4,7-8,11-16,18H,5-6,9-10H2,(H,26,30)(H,28,31)/t16-,18-. The molecule has 7 nitrogen and oxygen atoms in total. The fourth-order valence-corrected chi connectivity index (χ4v) is 4.42. The van der Waals surface area contributed by atoms with Crippen molar-refractivity contribution in [3.63, 3.8) is 0 Å². The van der Waals surface area contributed by atoms with E-state index in [1.165, 1.54) is 0 Å². The van der Waals surface area contributed by atoms with Crippen molar-refractivity contribution in [1.82, 2.24) is 25.1 Å². The molecule has 1 aliphatic carbocycles. The van der Waals surface area contributed by atoms with Crippen molar-refractivity contribution in [2.24, 2.45) is 0 Å². The van der Waals surface area contributed by atoms with Crippen LogP contribution in [0.1, 0.15) is 47.7 Å². The minimum absolute atomic E-state index is 0.0479. The largest absolute Gasteiger partial charge is 0.349 e. The summed E-state index contributed by atoms with van der Waals surface area (Å²) >= 11 is 0. The molecule has 0 radical (unpaired) electrons. The van der Waals surface area contributed by atoms with E-state index >= 15 is 0 Å². The van der Waals surface area contributed by atoms with Crippen LogP contribution in [0.15, 0.2) is 72.0 Å². The highest BCUT2D eigenvalue weighted by molar-refractivity contribution is 5.94. The Morgan fingerprint density at radius 2 is 1.74 bits per heavy atom. The zero-order valence-corrected chi connectivity index (χ0v) is 17.0. The number of carbonyl (C=O) groups excluding carboxylic acids is 1. The van der Waals surface area contributed by atoms with E-state index < -0.39 is 0 Å². The fraction of sp³-hybridized carbons (Fsp3) is 0.250. The molecule has 1 saturated carbocycles. The lowest BCUT2D eigenvalue weighted by atomic mass is 9.82. The van der Waals surface area contributed by atoms with Crippen molar-refractivity contribution < 1.29 is 4.79 Å². The van der Waals surface area contributed by atoms with Gasteiger partial charge >= 0.3 is 0 Å². The van der Waals surface area contributed by atoms with Crippen molar-refractivity contribution in [1.29, 1.82) is 0 Å². The number of carbonyl (C=O) groups is 1. The number of aromatic amines is 1. The number of hydrogen-bond acceptors (Lipinski definition) is 4. The van der Waals surface area contributed by atoms with Crippen LogP contribution in [0.4, 0.5) is 0 Å². The van der Waals surface area contributed by atoms with E-state index in [9.17, 15) is 9.59 Å². The molecule has 4 aromatic rings. The molecule has 5 rings (SSSR count). The van der Waals surface area contributed by atoms with Gasteiger partial charge in [-0.1, -0.05) is 18.2 Å². The predicted octanol–water partition coefficient (Wildman–Crippen LogP) is 3.57. The molecule has 2 heterocycles. The monoisotopic (exact) mass is 413 g/mol. The molecular weight excluding hydrogens is 390 g/mol. The van der Waals surface area contributed by atoms with Gasteiger partial charge in [-0.15, -0.1) is 0 Å². The normalized spacial score (nSPS) is 18.7. The Hall–Kier alpha value is -3.74. The maximum atomic E-state index is 12.7. The summed E-state index contributed by atoms with van der Waals surface area (Å²) in [6.45, 7) is 0. The number of aromatic nitrogens is 4. The molecule has 0 saturated heterocycles. The van der Waals surface area contributed by atoms with E-state index in [0.29, 0.717) is 10.9 Å². The second kappa shape index (κ2) is 8.18. The molecule has 2 aromatic carbocycles. The number of rotatable bonds is 4. The fourth-order valence-electron chi connectivity index (χ4n) is 4.42. The SMILES string of the molecule is O=C(N[C@H]1CC[C@H](c2n[nH]c(=O)c3ccccc32)CC1)c1ccc(-n2ccnc2)cc1. The predicted molar refractivity (Wildman–Crippen MR) is 118 cm³/mol. The van der Waals surface area contributed by atoms with Gasteiger partial charge in [0.25, 0.3) is 11.5 Å². The highest BCUT2D eigenvalue weighted by Crippen LogP contribution is 2.34. The van der Waals surface area contributed by atoms with Crippen molar-refractivity contribution in [3.05, 3.63) is 88.9 Å². The molecule has 0 unspecified atom stereocenters. The molecule has 0 bridgehead atoms. The lowest BCUT2D eigenvalue weighted by Crippen LogP contribution is -2.37. The second-order valence-electron chi connectivity index (χ2n) is 8.02. The summed E-state index contributed by atoms with van der Waals surface area (Å²) in [6.07, 6.45) is 8.95.